The number of nitrogens with one attached hydrogen (secondary N) is 1. The number of rotatable bonds is 8. The van der Waals surface area contributed by atoms with Crippen molar-refractivity contribution in [2.24, 2.45) is 0 Å². The highest BCUT2D eigenvalue weighted by molar-refractivity contribution is 7.98. The Labute approximate surface area is 146 Å². The highest BCUT2D eigenvalue weighted by Crippen LogP contribution is 2.18. The van der Waals surface area contributed by atoms with E-state index in [1.54, 1.807) is 43.1 Å². The molecule has 4 nitrogen and oxygen atoms in total. The molecule has 2 rings (SSSR count). The summed E-state index contributed by atoms with van der Waals surface area (Å²) in [6, 6.07) is 14.7. The molecule has 0 heterocycles. The Morgan fingerprint density at radius 1 is 1.00 bits per heavy atom. The van der Waals surface area contributed by atoms with Crippen LogP contribution in [0.1, 0.15) is 29.6 Å². The highest BCUT2D eigenvalue weighted by Gasteiger charge is 2.08. The first-order valence-corrected chi connectivity index (χ1v) is 8.96. The third kappa shape index (κ3) is 5.42. The molecule has 0 fully saturated rings. The lowest BCUT2D eigenvalue weighted by atomic mass is 10.1. The molecule has 0 radical (unpaired) electrons. The van der Waals surface area contributed by atoms with Crippen LogP contribution in [0.25, 0.3) is 0 Å². The zero-order valence-corrected chi connectivity index (χ0v) is 14.7. The smallest absolute Gasteiger partial charge is 0.224 e. The van der Waals surface area contributed by atoms with Crippen molar-refractivity contribution in [2.75, 3.05) is 18.7 Å². The summed E-state index contributed by atoms with van der Waals surface area (Å²) in [6.45, 7) is 0. The number of methoxy groups -OCH3 is 1. The molecule has 5 heteroatoms. The van der Waals surface area contributed by atoms with Gasteiger partial charge in [-0.25, -0.2) is 0 Å². The zero-order valence-electron chi connectivity index (χ0n) is 13.9. The van der Waals surface area contributed by atoms with Crippen LogP contribution in [0.5, 0.6) is 5.75 Å². The van der Waals surface area contributed by atoms with Gasteiger partial charge in [0.1, 0.15) is 5.75 Å². The Balaban J connectivity index is 1.75. The third-order valence-corrected chi connectivity index (χ3v) is 4.34. The molecule has 0 aliphatic carbocycles. The van der Waals surface area contributed by atoms with Gasteiger partial charge in [0.15, 0.2) is 5.78 Å². The van der Waals surface area contributed by atoms with Crippen LogP contribution in [0.15, 0.2) is 53.4 Å². The molecule has 2 aromatic rings. The maximum absolute atomic E-state index is 12.1. The Bertz CT molecular complexity index is 681. The molecule has 2 aromatic carbocycles. The lowest BCUT2D eigenvalue weighted by molar-refractivity contribution is -0.116. The van der Waals surface area contributed by atoms with Gasteiger partial charge < -0.3 is 10.1 Å². The van der Waals surface area contributed by atoms with Gasteiger partial charge in [0, 0.05) is 29.0 Å². The van der Waals surface area contributed by atoms with E-state index >= 15 is 0 Å². The van der Waals surface area contributed by atoms with E-state index in [1.165, 1.54) is 0 Å². The lowest BCUT2D eigenvalue weighted by Gasteiger charge is -2.06. The second-order valence-electron chi connectivity index (χ2n) is 5.28. The number of Topliss-reactive ketones (excluding diaryl/α,β-unsaturated/α-hetero) is 1. The van der Waals surface area contributed by atoms with Crippen molar-refractivity contribution in [3.8, 4) is 5.75 Å². The number of ketones is 1. The van der Waals surface area contributed by atoms with Gasteiger partial charge >= 0.3 is 0 Å². The molecule has 0 atom stereocenters. The van der Waals surface area contributed by atoms with Gasteiger partial charge in [-0.2, -0.15) is 0 Å². The minimum Gasteiger partial charge on any atom is -0.497 e. The summed E-state index contributed by atoms with van der Waals surface area (Å²) < 4.78 is 5.07. The van der Waals surface area contributed by atoms with Gasteiger partial charge in [-0.05, 0) is 61.2 Å². The monoisotopic (exact) mass is 343 g/mol. The van der Waals surface area contributed by atoms with E-state index in [4.69, 9.17) is 4.74 Å². The molecule has 0 spiro atoms. The average molecular weight is 343 g/mol. The Hall–Kier alpha value is -2.27. The van der Waals surface area contributed by atoms with E-state index in [0.29, 0.717) is 24.8 Å². The van der Waals surface area contributed by atoms with Gasteiger partial charge in [-0.3, -0.25) is 9.59 Å². The molecule has 0 aromatic heterocycles. The van der Waals surface area contributed by atoms with Crippen LogP contribution in [0.3, 0.4) is 0 Å². The van der Waals surface area contributed by atoms with Crippen LogP contribution in [0, 0.1) is 0 Å². The number of benzene rings is 2. The first-order valence-electron chi connectivity index (χ1n) is 7.73. The van der Waals surface area contributed by atoms with Crippen LogP contribution in [-0.2, 0) is 4.79 Å². The molecule has 1 amide bonds. The Morgan fingerprint density at radius 2 is 1.67 bits per heavy atom. The average Bonchev–Trinajstić information content (AvgIpc) is 2.62. The summed E-state index contributed by atoms with van der Waals surface area (Å²) in [5.41, 5.74) is 1.42. The Morgan fingerprint density at radius 3 is 2.25 bits per heavy atom. The fourth-order valence-electron chi connectivity index (χ4n) is 2.23. The molecule has 126 valence electrons. The second-order valence-corrected chi connectivity index (χ2v) is 6.16. The number of carbonyl (C=O) groups is 2. The quantitative estimate of drug-likeness (QED) is 0.570. The van der Waals surface area contributed by atoms with Crippen molar-refractivity contribution in [3.05, 3.63) is 54.1 Å². The lowest BCUT2D eigenvalue weighted by Crippen LogP contribution is -2.12. The Kier molecular flexibility index (Phi) is 6.88. The van der Waals surface area contributed by atoms with Crippen molar-refractivity contribution < 1.29 is 14.3 Å². The molecular weight excluding hydrogens is 322 g/mol. The number of thioether (sulfide) groups is 1. The van der Waals surface area contributed by atoms with Gasteiger partial charge in [-0.1, -0.05) is 0 Å². The first kappa shape index (κ1) is 18.1. The topological polar surface area (TPSA) is 55.4 Å². The van der Waals surface area contributed by atoms with Crippen molar-refractivity contribution in [3.63, 3.8) is 0 Å². The summed E-state index contributed by atoms with van der Waals surface area (Å²) >= 11 is 1.66. The van der Waals surface area contributed by atoms with Gasteiger partial charge in [0.05, 0.1) is 7.11 Å². The molecule has 0 bridgehead atoms. The van der Waals surface area contributed by atoms with E-state index in [0.717, 1.165) is 16.3 Å². The highest BCUT2D eigenvalue weighted by atomic mass is 32.2. The van der Waals surface area contributed by atoms with Crippen LogP contribution < -0.4 is 10.1 Å². The number of hydrogen-bond acceptors (Lipinski definition) is 4. The van der Waals surface area contributed by atoms with Gasteiger partial charge in [-0.15, -0.1) is 11.8 Å². The molecule has 1 N–H and O–H groups in total. The van der Waals surface area contributed by atoms with Crippen molar-refractivity contribution >= 4 is 29.1 Å². The minimum absolute atomic E-state index is 0.0368. The van der Waals surface area contributed by atoms with Gasteiger partial charge in [0.25, 0.3) is 0 Å². The SMILES string of the molecule is COc1ccc(C(=O)CCCC(=O)Nc2ccc(SC)cc2)cc1. The van der Waals surface area contributed by atoms with E-state index in [-0.39, 0.29) is 11.7 Å². The molecule has 0 saturated carbocycles. The molecule has 24 heavy (non-hydrogen) atoms. The predicted molar refractivity (Wildman–Crippen MR) is 98.0 cm³/mol. The molecule has 0 aliphatic heterocycles. The number of ether oxygens (including phenoxy) is 1. The molecule has 0 unspecified atom stereocenters. The fourth-order valence-corrected chi connectivity index (χ4v) is 2.64. The molecule has 0 aliphatic rings. The van der Waals surface area contributed by atoms with Crippen molar-refractivity contribution in [1.29, 1.82) is 0 Å². The standard InChI is InChI=1S/C19H21NO3S/c1-23-16-10-6-14(7-11-16)18(21)4-3-5-19(22)20-15-8-12-17(24-2)13-9-15/h6-13H,3-5H2,1-2H3,(H,20,22). The number of anilines is 1. The zero-order chi connectivity index (χ0) is 17.4. The van der Waals surface area contributed by atoms with Crippen LogP contribution in [0.2, 0.25) is 0 Å². The number of amides is 1. The summed E-state index contributed by atoms with van der Waals surface area (Å²) in [5, 5.41) is 2.85. The fraction of sp³-hybridized carbons (Fsp3) is 0.263. The van der Waals surface area contributed by atoms with Crippen LogP contribution in [-0.4, -0.2) is 25.1 Å². The van der Waals surface area contributed by atoms with E-state index < -0.39 is 0 Å². The number of carbonyl (C=O) groups excluding carboxylic acids is 2. The summed E-state index contributed by atoms with van der Waals surface area (Å²) in [5.74, 6) is 0.683. The van der Waals surface area contributed by atoms with E-state index in [2.05, 4.69) is 5.32 Å². The first-order chi connectivity index (χ1) is 11.6. The summed E-state index contributed by atoms with van der Waals surface area (Å²) in [4.78, 5) is 25.2. The second kappa shape index (κ2) is 9.13. The van der Waals surface area contributed by atoms with Crippen molar-refractivity contribution in [1.82, 2.24) is 0 Å². The van der Waals surface area contributed by atoms with Crippen molar-refractivity contribution in [2.45, 2.75) is 24.2 Å². The van der Waals surface area contributed by atoms with Crippen LogP contribution in [0.4, 0.5) is 5.69 Å². The molecular formula is C19H21NO3S. The maximum Gasteiger partial charge on any atom is 0.224 e. The molecule has 0 saturated heterocycles. The maximum atomic E-state index is 12.1. The summed E-state index contributed by atoms with van der Waals surface area (Å²) in [6.07, 6.45) is 3.21. The van der Waals surface area contributed by atoms with Crippen LogP contribution >= 0.6 is 11.8 Å². The largest absolute Gasteiger partial charge is 0.497 e. The minimum atomic E-state index is -0.0746. The number of hydrogen-bond donors (Lipinski definition) is 1. The van der Waals surface area contributed by atoms with E-state index in [1.807, 2.05) is 30.5 Å². The third-order valence-electron chi connectivity index (χ3n) is 3.59. The predicted octanol–water partition coefficient (Wildman–Crippen LogP) is 4.41. The normalized spacial score (nSPS) is 10.2. The van der Waals surface area contributed by atoms with E-state index in [9.17, 15) is 9.59 Å². The van der Waals surface area contributed by atoms with Gasteiger partial charge in [0.2, 0.25) is 5.91 Å². The summed E-state index contributed by atoms with van der Waals surface area (Å²) in [7, 11) is 1.59.